The molecule has 0 bridgehead atoms. The molecule has 0 spiro atoms. The summed E-state index contributed by atoms with van der Waals surface area (Å²) in [5, 5.41) is 8.83. The van der Waals surface area contributed by atoms with E-state index in [4.69, 9.17) is 35.4 Å². The lowest BCUT2D eigenvalue weighted by Gasteiger charge is -2.25. The van der Waals surface area contributed by atoms with Crippen LogP contribution in [0.4, 0.5) is 0 Å². The molecular formula is C13H17Cl2N3S. The number of nitrogens with one attached hydrogen (secondary N) is 2. The van der Waals surface area contributed by atoms with E-state index in [0.29, 0.717) is 15.2 Å². The molecular weight excluding hydrogens is 301 g/mol. The standard InChI is InChI=1S/C13H17Cl2N3S/c1-4-13(2,3)17-12(19)18-16-8-9-5-6-10(14)7-11(9)15/h5-8H,4H2,1-3H3,(H2,17,18,19)/b16-8+. The second-order valence-corrected chi connectivity index (χ2v) is 5.98. The first-order valence-corrected chi connectivity index (χ1v) is 7.07. The van der Waals surface area contributed by atoms with Crippen LogP contribution in [0, 0.1) is 0 Å². The van der Waals surface area contributed by atoms with Gasteiger partial charge in [-0.3, -0.25) is 5.43 Å². The molecule has 0 saturated carbocycles. The van der Waals surface area contributed by atoms with Crippen LogP contribution < -0.4 is 10.7 Å². The zero-order valence-corrected chi connectivity index (χ0v) is 13.5. The van der Waals surface area contributed by atoms with E-state index in [1.807, 2.05) is 0 Å². The monoisotopic (exact) mass is 317 g/mol. The first-order valence-electron chi connectivity index (χ1n) is 5.90. The Hall–Kier alpha value is -0.840. The highest BCUT2D eigenvalue weighted by molar-refractivity contribution is 7.80. The average molecular weight is 318 g/mol. The van der Waals surface area contributed by atoms with Crippen LogP contribution in [0.15, 0.2) is 23.3 Å². The van der Waals surface area contributed by atoms with Crippen molar-refractivity contribution in [1.82, 2.24) is 10.7 Å². The summed E-state index contributed by atoms with van der Waals surface area (Å²) in [5.74, 6) is 0. The second-order valence-electron chi connectivity index (χ2n) is 4.73. The van der Waals surface area contributed by atoms with Crippen molar-refractivity contribution in [2.75, 3.05) is 0 Å². The fraction of sp³-hybridized carbons (Fsp3) is 0.385. The van der Waals surface area contributed by atoms with Gasteiger partial charge in [-0.05, 0) is 44.6 Å². The van der Waals surface area contributed by atoms with Crippen molar-refractivity contribution in [3.8, 4) is 0 Å². The summed E-state index contributed by atoms with van der Waals surface area (Å²) in [5.41, 5.74) is 3.48. The predicted molar refractivity (Wildman–Crippen MR) is 87.3 cm³/mol. The van der Waals surface area contributed by atoms with Crippen LogP contribution in [0.2, 0.25) is 10.0 Å². The van der Waals surface area contributed by atoms with Gasteiger partial charge in [0.15, 0.2) is 5.11 Å². The predicted octanol–water partition coefficient (Wildman–Crippen LogP) is 3.98. The van der Waals surface area contributed by atoms with Gasteiger partial charge in [0.05, 0.1) is 11.2 Å². The Morgan fingerprint density at radius 1 is 1.42 bits per heavy atom. The van der Waals surface area contributed by atoms with Crippen molar-refractivity contribution in [3.05, 3.63) is 33.8 Å². The lowest BCUT2D eigenvalue weighted by Crippen LogP contribution is -2.46. The number of hydrazone groups is 1. The third-order valence-corrected chi connectivity index (χ3v) is 3.42. The molecule has 0 unspecified atom stereocenters. The molecule has 0 fully saturated rings. The van der Waals surface area contributed by atoms with Crippen molar-refractivity contribution >= 4 is 46.7 Å². The highest BCUT2D eigenvalue weighted by Gasteiger charge is 2.14. The largest absolute Gasteiger partial charge is 0.356 e. The molecule has 3 nitrogen and oxygen atoms in total. The summed E-state index contributed by atoms with van der Waals surface area (Å²) in [6.07, 6.45) is 2.56. The van der Waals surface area contributed by atoms with Gasteiger partial charge >= 0.3 is 0 Å². The molecule has 0 aromatic heterocycles. The summed E-state index contributed by atoms with van der Waals surface area (Å²) in [7, 11) is 0. The van der Waals surface area contributed by atoms with E-state index in [9.17, 15) is 0 Å². The van der Waals surface area contributed by atoms with Crippen molar-refractivity contribution in [3.63, 3.8) is 0 Å². The van der Waals surface area contributed by atoms with Gasteiger partial charge < -0.3 is 5.32 Å². The van der Waals surface area contributed by atoms with Crippen LogP contribution in [0.25, 0.3) is 0 Å². The van der Waals surface area contributed by atoms with Gasteiger partial charge in [-0.2, -0.15) is 5.10 Å². The Bertz CT molecular complexity index is 487. The molecule has 0 saturated heterocycles. The number of hydrogen-bond donors (Lipinski definition) is 2. The molecule has 0 aliphatic heterocycles. The van der Waals surface area contributed by atoms with Crippen LogP contribution in [0.5, 0.6) is 0 Å². The highest BCUT2D eigenvalue weighted by Crippen LogP contribution is 2.19. The van der Waals surface area contributed by atoms with E-state index in [2.05, 4.69) is 36.6 Å². The Labute approximate surface area is 129 Å². The van der Waals surface area contributed by atoms with Crippen LogP contribution in [-0.2, 0) is 0 Å². The summed E-state index contributed by atoms with van der Waals surface area (Å²) in [6.45, 7) is 6.23. The number of hydrogen-bond acceptors (Lipinski definition) is 2. The second kappa shape index (κ2) is 7.08. The first kappa shape index (κ1) is 16.2. The fourth-order valence-electron chi connectivity index (χ4n) is 1.19. The lowest BCUT2D eigenvalue weighted by molar-refractivity contribution is 0.443. The summed E-state index contributed by atoms with van der Waals surface area (Å²) >= 11 is 17.0. The van der Waals surface area contributed by atoms with Gasteiger partial charge in [0.1, 0.15) is 0 Å². The van der Waals surface area contributed by atoms with Gasteiger partial charge in [-0.15, -0.1) is 0 Å². The molecule has 0 atom stereocenters. The minimum atomic E-state index is -0.0580. The van der Waals surface area contributed by atoms with Gasteiger partial charge in [-0.25, -0.2) is 0 Å². The molecule has 2 N–H and O–H groups in total. The van der Waals surface area contributed by atoms with E-state index < -0.39 is 0 Å². The van der Waals surface area contributed by atoms with Crippen LogP contribution in [0.1, 0.15) is 32.8 Å². The Balaban J connectivity index is 2.57. The van der Waals surface area contributed by atoms with E-state index >= 15 is 0 Å². The highest BCUT2D eigenvalue weighted by atomic mass is 35.5. The Kier molecular flexibility index (Phi) is 6.04. The maximum absolute atomic E-state index is 6.02. The maximum atomic E-state index is 6.02. The Morgan fingerprint density at radius 3 is 2.68 bits per heavy atom. The van der Waals surface area contributed by atoms with Gasteiger partial charge in [0, 0.05) is 16.1 Å². The smallest absolute Gasteiger partial charge is 0.187 e. The molecule has 0 amide bonds. The molecule has 0 heterocycles. The molecule has 1 aromatic rings. The minimum Gasteiger partial charge on any atom is -0.356 e. The number of nitrogens with zero attached hydrogens (tertiary/aromatic N) is 1. The quantitative estimate of drug-likeness (QED) is 0.501. The molecule has 0 radical (unpaired) electrons. The Morgan fingerprint density at radius 2 is 2.11 bits per heavy atom. The van der Waals surface area contributed by atoms with Crippen molar-refractivity contribution in [1.29, 1.82) is 0 Å². The number of benzene rings is 1. The average Bonchev–Trinajstić information content (AvgIpc) is 2.31. The van der Waals surface area contributed by atoms with E-state index in [-0.39, 0.29) is 5.54 Å². The molecule has 104 valence electrons. The van der Waals surface area contributed by atoms with Gasteiger partial charge in [0.25, 0.3) is 0 Å². The van der Waals surface area contributed by atoms with Crippen LogP contribution >= 0.6 is 35.4 Å². The molecule has 1 aromatic carbocycles. The summed E-state index contributed by atoms with van der Waals surface area (Å²) < 4.78 is 0. The molecule has 0 aliphatic carbocycles. The summed E-state index contributed by atoms with van der Waals surface area (Å²) in [6, 6.07) is 5.22. The third-order valence-electron chi connectivity index (χ3n) is 2.67. The van der Waals surface area contributed by atoms with Gasteiger partial charge in [-0.1, -0.05) is 36.2 Å². The molecule has 19 heavy (non-hydrogen) atoms. The normalized spacial score (nSPS) is 11.6. The third kappa shape index (κ3) is 5.76. The topological polar surface area (TPSA) is 36.4 Å². The van der Waals surface area contributed by atoms with Crippen LogP contribution in [0.3, 0.4) is 0 Å². The van der Waals surface area contributed by atoms with Crippen molar-refractivity contribution < 1.29 is 0 Å². The molecule has 1 rings (SSSR count). The molecule has 0 aliphatic rings. The minimum absolute atomic E-state index is 0.0580. The fourth-order valence-corrected chi connectivity index (χ4v) is 1.98. The lowest BCUT2D eigenvalue weighted by atomic mass is 10.0. The van der Waals surface area contributed by atoms with E-state index in [1.165, 1.54) is 0 Å². The summed E-state index contributed by atoms with van der Waals surface area (Å²) in [4.78, 5) is 0. The number of halogens is 2. The SMILES string of the molecule is CCC(C)(C)NC(=S)N/N=C/c1ccc(Cl)cc1Cl. The number of thiocarbonyl (C=S) groups is 1. The molecule has 6 heteroatoms. The van der Waals surface area contributed by atoms with Crippen LogP contribution in [-0.4, -0.2) is 16.9 Å². The van der Waals surface area contributed by atoms with Gasteiger partial charge in [0.2, 0.25) is 0 Å². The van der Waals surface area contributed by atoms with E-state index in [0.717, 1.165) is 12.0 Å². The van der Waals surface area contributed by atoms with Crippen molar-refractivity contribution in [2.45, 2.75) is 32.7 Å². The zero-order valence-electron chi connectivity index (χ0n) is 11.1. The van der Waals surface area contributed by atoms with E-state index in [1.54, 1.807) is 24.4 Å². The zero-order chi connectivity index (χ0) is 14.5. The first-order chi connectivity index (χ1) is 8.84. The number of rotatable bonds is 4. The maximum Gasteiger partial charge on any atom is 0.187 e. The van der Waals surface area contributed by atoms with Crippen molar-refractivity contribution in [2.24, 2.45) is 5.10 Å².